The summed E-state index contributed by atoms with van der Waals surface area (Å²) in [5, 5.41) is 0. The highest BCUT2D eigenvalue weighted by Gasteiger charge is 2.22. The van der Waals surface area contributed by atoms with E-state index in [0.717, 1.165) is 33.7 Å². The lowest BCUT2D eigenvalue weighted by Gasteiger charge is -2.21. The Labute approximate surface area is 177 Å². The summed E-state index contributed by atoms with van der Waals surface area (Å²) in [4.78, 5) is 17.7. The van der Waals surface area contributed by atoms with Crippen molar-refractivity contribution in [1.82, 2.24) is 4.98 Å². The van der Waals surface area contributed by atoms with Crippen LogP contribution in [0.4, 0.5) is 0 Å². The summed E-state index contributed by atoms with van der Waals surface area (Å²) in [5.74, 6) is 0.818. The maximum absolute atomic E-state index is 13.1. The lowest BCUT2D eigenvalue weighted by Crippen LogP contribution is -2.10. The second-order valence-corrected chi connectivity index (χ2v) is 7.12. The number of ketones is 1. The molecule has 0 N–H and O–H groups in total. The lowest BCUT2D eigenvalue weighted by molar-refractivity contribution is 0.0977. The van der Waals surface area contributed by atoms with E-state index in [4.69, 9.17) is 4.74 Å². The van der Waals surface area contributed by atoms with Gasteiger partial charge in [-0.15, -0.1) is 0 Å². The van der Waals surface area contributed by atoms with Crippen LogP contribution >= 0.6 is 0 Å². The third kappa shape index (κ3) is 4.31. The number of Topliss-reactive ketones (excluding diaryl/α,β-unsaturated/α-hetero) is 1. The number of ether oxygens (including phenoxy) is 1. The first kappa shape index (κ1) is 19.6. The second kappa shape index (κ2) is 9.19. The van der Waals surface area contributed by atoms with Crippen molar-refractivity contribution in [2.24, 2.45) is 0 Å². The molecule has 3 aromatic carbocycles. The number of rotatable bonds is 7. The predicted octanol–water partition coefficient (Wildman–Crippen LogP) is 6.16. The summed E-state index contributed by atoms with van der Waals surface area (Å²) < 4.78 is 5.32. The molecule has 1 heterocycles. The van der Waals surface area contributed by atoms with Crippen LogP contribution < -0.4 is 4.74 Å². The molecule has 0 saturated carbocycles. The number of methoxy groups -OCH3 is 1. The number of hydrogen-bond donors (Lipinski definition) is 0. The van der Waals surface area contributed by atoms with Crippen molar-refractivity contribution in [3.05, 3.63) is 120 Å². The second-order valence-electron chi connectivity index (χ2n) is 7.12. The zero-order valence-electron chi connectivity index (χ0n) is 16.9. The Morgan fingerprint density at radius 1 is 0.833 bits per heavy atom. The Balaban J connectivity index is 1.79. The first-order chi connectivity index (χ1) is 14.8. The molecule has 3 heteroatoms. The van der Waals surface area contributed by atoms with Gasteiger partial charge >= 0.3 is 0 Å². The molecule has 0 amide bonds. The molecule has 0 aliphatic rings. The van der Waals surface area contributed by atoms with Crippen LogP contribution in [0.25, 0.3) is 11.3 Å². The molecule has 30 heavy (non-hydrogen) atoms. The normalized spacial score (nSPS) is 11.6. The minimum absolute atomic E-state index is 0.0955. The van der Waals surface area contributed by atoms with Crippen LogP contribution in [-0.2, 0) is 0 Å². The Morgan fingerprint density at radius 2 is 1.53 bits per heavy atom. The predicted molar refractivity (Wildman–Crippen MR) is 120 cm³/mol. The van der Waals surface area contributed by atoms with Gasteiger partial charge in [0.25, 0.3) is 0 Å². The summed E-state index contributed by atoms with van der Waals surface area (Å²) in [5.41, 5.74) is 4.83. The van der Waals surface area contributed by atoms with Gasteiger partial charge in [-0.25, -0.2) is 0 Å². The Hall–Kier alpha value is -3.72. The molecule has 148 valence electrons. The SMILES string of the molecule is COc1ccc(C(CC(=O)c2ccccc2)c2ccccc2-c2ccccn2)cc1. The average Bonchev–Trinajstić information content (AvgIpc) is 2.83. The molecule has 1 aromatic heterocycles. The Bertz CT molecular complexity index is 1110. The minimum atomic E-state index is -0.0955. The van der Waals surface area contributed by atoms with E-state index in [1.807, 2.05) is 84.9 Å². The van der Waals surface area contributed by atoms with Crippen LogP contribution in [-0.4, -0.2) is 17.9 Å². The number of hydrogen-bond acceptors (Lipinski definition) is 3. The van der Waals surface area contributed by atoms with Gasteiger partial charge in [-0.2, -0.15) is 0 Å². The molecule has 0 saturated heterocycles. The van der Waals surface area contributed by atoms with Crippen molar-refractivity contribution < 1.29 is 9.53 Å². The van der Waals surface area contributed by atoms with Crippen LogP contribution in [0.2, 0.25) is 0 Å². The first-order valence-electron chi connectivity index (χ1n) is 9.99. The highest BCUT2D eigenvalue weighted by Crippen LogP contribution is 2.36. The van der Waals surface area contributed by atoms with Crippen LogP contribution in [0.5, 0.6) is 5.75 Å². The molecule has 0 radical (unpaired) electrons. The zero-order chi connectivity index (χ0) is 20.8. The monoisotopic (exact) mass is 393 g/mol. The van der Waals surface area contributed by atoms with E-state index in [1.165, 1.54) is 0 Å². The summed E-state index contributed by atoms with van der Waals surface area (Å²) in [7, 11) is 1.65. The largest absolute Gasteiger partial charge is 0.497 e. The molecular formula is C27H23NO2. The average molecular weight is 393 g/mol. The van der Waals surface area contributed by atoms with Crippen LogP contribution in [0.15, 0.2) is 103 Å². The standard InChI is InChI=1S/C27H23NO2/c1-30-22-16-14-20(15-17-22)25(19-27(29)21-9-3-2-4-10-21)23-11-5-6-12-24(23)26-13-7-8-18-28-26/h2-18,25H,19H2,1H3. The van der Waals surface area contributed by atoms with Gasteiger partial charge in [-0.1, -0.05) is 72.8 Å². The van der Waals surface area contributed by atoms with Crippen molar-refractivity contribution in [2.45, 2.75) is 12.3 Å². The molecule has 0 fully saturated rings. The molecule has 1 atom stereocenters. The minimum Gasteiger partial charge on any atom is -0.497 e. The summed E-state index contributed by atoms with van der Waals surface area (Å²) >= 11 is 0. The molecular weight excluding hydrogens is 370 g/mol. The molecule has 3 nitrogen and oxygen atoms in total. The van der Waals surface area contributed by atoms with Gasteiger partial charge in [0, 0.05) is 29.7 Å². The number of carbonyl (C=O) groups is 1. The van der Waals surface area contributed by atoms with Gasteiger partial charge in [0.2, 0.25) is 0 Å². The van der Waals surface area contributed by atoms with Gasteiger partial charge in [0.15, 0.2) is 5.78 Å². The zero-order valence-corrected chi connectivity index (χ0v) is 16.9. The van der Waals surface area contributed by atoms with Gasteiger partial charge in [-0.05, 0) is 35.4 Å². The van der Waals surface area contributed by atoms with E-state index in [9.17, 15) is 4.79 Å². The number of benzene rings is 3. The third-order valence-electron chi connectivity index (χ3n) is 5.28. The maximum atomic E-state index is 13.1. The molecule has 4 rings (SSSR count). The fraction of sp³-hybridized carbons (Fsp3) is 0.111. The highest BCUT2D eigenvalue weighted by atomic mass is 16.5. The molecule has 1 unspecified atom stereocenters. The number of pyridine rings is 1. The fourth-order valence-electron chi connectivity index (χ4n) is 3.73. The van der Waals surface area contributed by atoms with Crippen molar-refractivity contribution in [1.29, 1.82) is 0 Å². The van der Waals surface area contributed by atoms with E-state index in [2.05, 4.69) is 17.1 Å². The summed E-state index contributed by atoms with van der Waals surface area (Å²) in [6.07, 6.45) is 2.17. The van der Waals surface area contributed by atoms with E-state index in [0.29, 0.717) is 6.42 Å². The number of nitrogens with zero attached hydrogens (tertiary/aromatic N) is 1. The van der Waals surface area contributed by atoms with Gasteiger partial charge in [-0.3, -0.25) is 9.78 Å². The smallest absolute Gasteiger partial charge is 0.163 e. The van der Waals surface area contributed by atoms with Crippen molar-refractivity contribution in [3.63, 3.8) is 0 Å². The van der Waals surface area contributed by atoms with Crippen molar-refractivity contribution in [2.75, 3.05) is 7.11 Å². The van der Waals surface area contributed by atoms with Gasteiger partial charge in [0.1, 0.15) is 5.75 Å². The molecule has 0 aliphatic heterocycles. The highest BCUT2D eigenvalue weighted by molar-refractivity contribution is 5.97. The van der Waals surface area contributed by atoms with E-state index in [-0.39, 0.29) is 11.7 Å². The van der Waals surface area contributed by atoms with Crippen LogP contribution in [0, 0.1) is 0 Å². The van der Waals surface area contributed by atoms with E-state index >= 15 is 0 Å². The van der Waals surface area contributed by atoms with E-state index < -0.39 is 0 Å². The quantitative estimate of drug-likeness (QED) is 0.353. The van der Waals surface area contributed by atoms with Crippen LogP contribution in [0.3, 0.4) is 0 Å². The van der Waals surface area contributed by atoms with E-state index in [1.54, 1.807) is 13.3 Å². The summed E-state index contributed by atoms with van der Waals surface area (Å²) in [6.45, 7) is 0. The molecule has 0 spiro atoms. The number of carbonyl (C=O) groups excluding carboxylic acids is 1. The number of aromatic nitrogens is 1. The van der Waals surface area contributed by atoms with Crippen LogP contribution in [0.1, 0.15) is 33.8 Å². The van der Waals surface area contributed by atoms with Gasteiger partial charge < -0.3 is 4.74 Å². The topological polar surface area (TPSA) is 39.2 Å². The maximum Gasteiger partial charge on any atom is 0.163 e. The lowest BCUT2D eigenvalue weighted by atomic mass is 9.82. The molecule has 0 aliphatic carbocycles. The van der Waals surface area contributed by atoms with Crippen molar-refractivity contribution in [3.8, 4) is 17.0 Å². The van der Waals surface area contributed by atoms with Crippen molar-refractivity contribution >= 4 is 5.78 Å². The fourth-order valence-corrected chi connectivity index (χ4v) is 3.73. The molecule has 4 aromatic rings. The van der Waals surface area contributed by atoms with Gasteiger partial charge in [0.05, 0.1) is 12.8 Å². The summed E-state index contributed by atoms with van der Waals surface area (Å²) in [6, 6.07) is 31.5. The molecule has 0 bridgehead atoms. The third-order valence-corrected chi connectivity index (χ3v) is 5.28. The Kier molecular flexibility index (Phi) is 6.00. The first-order valence-corrected chi connectivity index (χ1v) is 9.99. The Morgan fingerprint density at radius 3 is 2.23 bits per heavy atom.